The van der Waals surface area contributed by atoms with Crippen LogP contribution in [0.25, 0.3) is 21.9 Å². The van der Waals surface area contributed by atoms with E-state index in [-0.39, 0.29) is 5.52 Å². The molecular weight excluding hydrogens is 227 g/mol. The van der Waals surface area contributed by atoms with E-state index in [1.54, 1.807) is 0 Å². The number of aromatic nitrogens is 3. The van der Waals surface area contributed by atoms with Crippen LogP contribution < -0.4 is 17.1 Å². The highest BCUT2D eigenvalue weighted by Gasteiger charge is 2.11. The van der Waals surface area contributed by atoms with Crippen molar-refractivity contribution in [2.24, 2.45) is 0 Å². The van der Waals surface area contributed by atoms with Crippen LogP contribution in [-0.2, 0) is 0 Å². The van der Waals surface area contributed by atoms with Gasteiger partial charge in [-0.1, -0.05) is 0 Å². The Labute approximate surface area is 92.5 Å². The van der Waals surface area contributed by atoms with Gasteiger partial charge in [0.1, 0.15) is 11.3 Å². The molecule has 86 valence electrons. The van der Waals surface area contributed by atoms with Gasteiger partial charge in [0.25, 0.3) is 5.56 Å². The van der Waals surface area contributed by atoms with Crippen molar-refractivity contribution < 1.29 is 4.39 Å². The lowest BCUT2D eigenvalue weighted by molar-refractivity contribution is 0.629. The van der Waals surface area contributed by atoms with E-state index in [0.29, 0.717) is 21.1 Å². The monoisotopic (exact) mass is 234 g/mol. The van der Waals surface area contributed by atoms with Gasteiger partial charge in [0.2, 0.25) is 0 Å². The van der Waals surface area contributed by atoms with Crippen molar-refractivity contribution in [2.45, 2.75) is 0 Å². The molecule has 3 rings (SSSR count). The lowest BCUT2D eigenvalue weighted by atomic mass is 10.2. The Bertz CT molecular complexity index is 858. The van der Waals surface area contributed by atoms with Gasteiger partial charge < -0.3 is 15.8 Å². The minimum Gasteiger partial charge on any atom is -0.349 e. The number of fused-ring (bicyclic) bond motifs is 3. The molecule has 0 aliphatic rings. The molecule has 0 spiro atoms. The van der Waals surface area contributed by atoms with E-state index in [1.165, 1.54) is 18.2 Å². The van der Waals surface area contributed by atoms with Crippen LogP contribution in [0.3, 0.4) is 0 Å². The van der Waals surface area contributed by atoms with Crippen LogP contribution in [0.1, 0.15) is 0 Å². The molecule has 0 aliphatic carbocycles. The number of hydrogen-bond acceptors (Lipinski definition) is 3. The van der Waals surface area contributed by atoms with Gasteiger partial charge in [0, 0.05) is 5.39 Å². The number of halogens is 1. The molecule has 0 atom stereocenters. The molecule has 4 N–H and O–H groups in total. The van der Waals surface area contributed by atoms with E-state index in [2.05, 4.69) is 9.97 Å². The fourth-order valence-corrected chi connectivity index (χ4v) is 1.84. The Morgan fingerprint density at radius 2 is 1.94 bits per heavy atom. The fourth-order valence-electron chi connectivity index (χ4n) is 1.84. The van der Waals surface area contributed by atoms with Crippen molar-refractivity contribution in [1.29, 1.82) is 0 Å². The van der Waals surface area contributed by atoms with Gasteiger partial charge in [0.15, 0.2) is 0 Å². The summed E-state index contributed by atoms with van der Waals surface area (Å²) in [4.78, 5) is 28.3. The maximum Gasteiger partial charge on any atom is 0.347 e. The van der Waals surface area contributed by atoms with Crippen molar-refractivity contribution in [2.75, 3.05) is 5.84 Å². The molecular formula is C10H7FN4O2. The van der Waals surface area contributed by atoms with Gasteiger partial charge in [-0.2, -0.15) is 4.68 Å². The molecule has 7 heteroatoms. The SMILES string of the molecule is Nn1c(=O)[nH]c2c([nH]c3cc(F)ccc32)c1=O. The van der Waals surface area contributed by atoms with Crippen molar-refractivity contribution >= 4 is 21.9 Å². The Kier molecular flexibility index (Phi) is 1.68. The molecule has 0 unspecified atom stereocenters. The number of aromatic amines is 2. The van der Waals surface area contributed by atoms with Crippen molar-refractivity contribution in [3.05, 3.63) is 44.9 Å². The minimum absolute atomic E-state index is 0.146. The Morgan fingerprint density at radius 1 is 1.18 bits per heavy atom. The number of nitrogen functional groups attached to an aromatic ring is 1. The van der Waals surface area contributed by atoms with E-state index in [0.717, 1.165) is 0 Å². The highest BCUT2D eigenvalue weighted by Crippen LogP contribution is 2.20. The molecule has 1 aromatic carbocycles. The summed E-state index contributed by atoms with van der Waals surface area (Å²) in [5.74, 6) is 4.83. The number of nitrogens with two attached hydrogens (primary N) is 1. The first-order valence-electron chi connectivity index (χ1n) is 4.79. The summed E-state index contributed by atoms with van der Waals surface area (Å²) in [5.41, 5.74) is -0.462. The van der Waals surface area contributed by atoms with Gasteiger partial charge in [-0.05, 0) is 18.2 Å². The van der Waals surface area contributed by atoms with Crippen molar-refractivity contribution in [3.63, 3.8) is 0 Å². The second kappa shape index (κ2) is 2.97. The van der Waals surface area contributed by atoms with Gasteiger partial charge in [0.05, 0.1) is 11.0 Å². The van der Waals surface area contributed by atoms with E-state index in [1.807, 2.05) is 0 Å². The Hall–Kier alpha value is -2.57. The molecule has 0 fully saturated rings. The Morgan fingerprint density at radius 3 is 2.71 bits per heavy atom. The predicted octanol–water partition coefficient (Wildman–Crippen LogP) is 0.0240. The lowest BCUT2D eigenvalue weighted by Gasteiger charge is -1.95. The smallest absolute Gasteiger partial charge is 0.347 e. The summed E-state index contributed by atoms with van der Waals surface area (Å²) in [6.45, 7) is 0. The third kappa shape index (κ3) is 1.19. The quantitative estimate of drug-likeness (QED) is 0.478. The standard InChI is InChI=1S/C10H7FN4O2/c11-4-1-2-5-6(3-4)13-8-7(5)14-10(17)15(12)9(8)16/h1-3,13H,12H2,(H,14,17). The molecule has 17 heavy (non-hydrogen) atoms. The van der Waals surface area contributed by atoms with E-state index < -0.39 is 17.1 Å². The summed E-state index contributed by atoms with van der Waals surface area (Å²) >= 11 is 0. The molecule has 3 aromatic rings. The van der Waals surface area contributed by atoms with Gasteiger partial charge in [-0.15, -0.1) is 0 Å². The average Bonchev–Trinajstić information content (AvgIpc) is 2.64. The number of nitrogens with zero attached hydrogens (tertiary/aromatic N) is 1. The van der Waals surface area contributed by atoms with Crippen LogP contribution in [0.2, 0.25) is 0 Å². The summed E-state index contributed by atoms with van der Waals surface area (Å²) in [7, 11) is 0. The first kappa shape index (κ1) is 9.64. The predicted molar refractivity (Wildman–Crippen MR) is 60.8 cm³/mol. The summed E-state index contributed by atoms with van der Waals surface area (Å²) in [6.07, 6.45) is 0. The molecule has 0 bridgehead atoms. The lowest BCUT2D eigenvalue weighted by Crippen LogP contribution is -2.40. The van der Waals surface area contributed by atoms with Gasteiger partial charge in [-0.25, -0.2) is 9.18 Å². The van der Waals surface area contributed by atoms with Crippen LogP contribution in [0.4, 0.5) is 4.39 Å². The summed E-state index contributed by atoms with van der Waals surface area (Å²) in [5, 5.41) is 0.566. The molecule has 6 nitrogen and oxygen atoms in total. The topological polar surface area (TPSA) is 96.7 Å². The number of rotatable bonds is 0. The second-order valence-electron chi connectivity index (χ2n) is 3.67. The molecule has 2 aromatic heterocycles. The van der Waals surface area contributed by atoms with Crippen molar-refractivity contribution in [3.8, 4) is 0 Å². The van der Waals surface area contributed by atoms with Crippen LogP contribution in [0.5, 0.6) is 0 Å². The van der Waals surface area contributed by atoms with Gasteiger partial charge >= 0.3 is 5.69 Å². The zero-order valence-electron chi connectivity index (χ0n) is 8.45. The normalized spacial score (nSPS) is 11.4. The maximum absolute atomic E-state index is 13.0. The minimum atomic E-state index is -0.715. The maximum atomic E-state index is 13.0. The zero-order chi connectivity index (χ0) is 12.2. The van der Waals surface area contributed by atoms with Gasteiger partial charge in [-0.3, -0.25) is 4.79 Å². The van der Waals surface area contributed by atoms with Crippen LogP contribution >= 0.6 is 0 Å². The number of hydrogen-bond donors (Lipinski definition) is 3. The van der Waals surface area contributed by atoms with Crippen LogP contribution in [-0.4, -0.2) is 14.6 Å². The average molecular weight is 234 g/mol. The highest BCUT2D eigenvalue weighted by atomic mass is 19.1. The van der Waals surface area contributed by atoms with E-state index in [4.69, 9.17) is 5.84 Å². The first-order valence-corrected chi connectivity index (χ1v) is 4.79. The molecule has 0 amide bonds. The van der Waals surface area contributed by atoms with Crippen LogP contribution in [0.15, 0.2) is 27.8 Å². The molecule has 0 saturated heterocycles. The third-order valence-electron chi connectivity index (χ3n) is 2.64. The van der Waals surface area contributed by atoms with Crippen LogP contribution in [0, 0.1) is 5.82 Å². The third-order valence-corrected chi connectivity index (χ3v) is 2.64. The zero-order valence-corrected chi connectivity index (χ0v) is 8.45. The van der Waals surface area contributed by atoms with E-state index >= 15 is 0 Å². The number of benzene rings is 1. The molecule has 2 heterocycles. The second-order valence-corrected chi connectivity index (χ2v) is 3.67. The largest absolute Gasteiger partial charge is 0.349 e. The summed E-state index contributed by atoms with van der Waals surface area (Å²) in [6, 6.07) is 3.98. The molecule has 0 saturated carbocycles. The summed E-state index contributed by atoms with van der Waals surface area (Å²) < 4.78 is 13.5. The first-order chi connectivity index (χ1) is 8.08. The molecule has 0 aliphatic heterocycles. The Balaban J connectivity index is 2.66. The number of nitrogens with one attached hydrogen (secondary N) is 2. The van der Waals surface area contributed by atoms with E-state index in [9.17, 15) is 14.0 Å². The highest BCUT2D eigenvalue weighted by molar-refractivity contribution is 6.04. The number of H-pyrrole nitrogens is 2. The van der Waals surface area contributed by atoms with Crippen molar-refractivity contribution in [1.82, 2.24) is 14.6 Å². The fraction of sp³-hybridized carbons (Fsp3) is 0. The molecule has 0 radical (unpaired) electrons.